The van der Waals surface area contributed by atoms with Crippen LogP contribution in [0.1, 0.15) is 39.7 Å². The Balaban J connectivity index is 1.08. The van der Waals surface area contributed by atoms with Crippen LogP contribution in [-0.4, -0.2) is 89.8 Å². The van der Waals surface area contributed by atoms with Gasteiger partial charge in [-0.3, -0.25) is 14.5 Å². The highest BCUT2D eigenvalue weighted by Gasteiger charge is 2.34. The molecule has 3 aromatic heterocycles. The van der Waals surface area contributed by atoms with E-state index < -0.39 is 26.7 Å². The first-order chi connectivity index (χ1) is 29.5. The van der Waals surface area contributed by atoms with Gasteiger partial charge in [0.25, 0.3) is 11.8 Å². The topological polar surface area (TPSA) is 151 Å². The molecule has 2 amide bonds. The second-order valence-electron chi connectivity index (χ2n) is 16.5. The number of benzene rings is 3. The van der Waals surface area contributed by atoms with Crippen LogP contribution in [0.25, 0.3) is 43.0 Å². The van der Waals surface area contributed by atoms with Crippen molar-refractivity contribution in [1.29, 1.82) is 0 Å². The van der Waals surface area contributed by atoms with E-state index in [0.717, 1.165) is 87.4 Å². The van der Waals surface area contributed by atoms with Gasteiger partial charge in [-0.2, -0.15) is 0 Å². The first-order valence-corrected chi connectivity index (χ1v) is 30.5. The maximum atomic E-state index is 13.8. The smallest absolute Gasteiger partial charge is 0.253 e. The summed E-state index contributed by atoms with van der Waals surface area (Å²) in [6.07, 6.45) is 6.63. The van der Waals surface area contributed by atoms with Crippen molar-refractivity contribution in [3.05, 3.63) is 84.0 Å². The van der Waals surface area contributed by atoms with Crippen LogP contribution in [0.5, 0.6) is 0 Å². The summed E-state index contributed by atoms with van der Waals surface area (Å²) in [5.41, 5.74) is 3.80. The summed E-state index contributed by atoms with van der Waals surface area (Å²) in [5, 5.41) is 5.87. The molecule has 0 aliphatic carbocycles. The molecule has 4 heterocycles. The molecule has 0 atom stereocenters. The molecule has 0 spiro atoms. The van der Waals surface area contributed by atoms with E-state index in [9.17, 15) is 18.0 Å². The number of hydrogen-bond acceptors (Lipinski definition) is 12. The lowest BCUT2D eigenvalue weighted by molar-refractivity contribution is -0.136. The average molecular weight is 932 g/mol. The summed E-state index contributed by atoms with van der Waals surface area (Å²) >= 11 is 2.68. The minimum absolute atomic E-state index is 0.0156. The van der Waals surface area contributed by atoms with E-state index >= 15 is 0 Å². The zero-order valence-corrected chi connectivity index (χ0v) is 41.1. The molecule has 62 heavy (non-hydrogen) atoms. The van der Waals surface area contributed by atoms with Crippen LogP contribution in [-0.2, 0) is 30.3 Å². The Labute approximate surface area is 373 Å². The first kappa shape index (κ1) is 45.6. The van der Waals surface area contributed by atoms with Crippen molar-refractivity contribution in [3.8, 4) is 0 Å². The zero-order chi connectivity index (χ0) is 44.4. The normalized spacial score (nSPS) is 13.7. The SMILES string of the molecule is CCN(CC)c1ccc2c(c1)oc1cc(=[N+](CC)CC)cc3osc4cc(S(=O)(=O)NCc5cnc(SC[Si](C)(C)O[Si](C)(C)CCCN6C(=O)C=CC6=O)nc5)ccc4c2c31. The number of carbonyl (C=O) groups is 2. The third-order valence-electron chi connectivity index (χ3n) is 11.1. The molecule has 7 rings (SSSR count). The summed E-state index contributed by atoms with van der Waals surface area (Å²) in [6, 6.07) is 16.4. The van der Waals surface area contributed by atoms with Crippen LogP contribution in [0.4, 0.5) is 5.69 Å². The van der Waals surface area contributed by atoms with Gasteiger partial charge < -0.3 is 17.3 Å². The minimum atomic E-state index is -3.94. The maximum Gasteiger partial charge on any atom is 0.253 e. The number of hydrogen-bond donors (Lipinski definition) is 1. The summed E-state index contributed by atoms with van der Waals surface area (Å²) in [5.74, 6) is -0.509. The van der Waals surface area contributed by atoms with Gasteiger partial charge in [0.1, 0.15) is 24.3 Å². The van der Waals surface area contributed by atoms with Gasteiger partial charge in [-0.1, -0.05) is 17.8 Å². The maximum absolute atomic E-state index is 13.8. The molecule has 1 aliphatic rings. The number of nitrogens with one attached hydrogen (secondary N) is 1. The van der Waals surface area contributed by atoms with Crippen LogP contribution in [0, 0.1) is 0 Å². The highest BCUT2D eigenvalue weighted by Crippen LogP contribution is 2.40. The van der Waals surface area contributed by atoms with Crippen molar-refractivity contribution in [3.63, 3.8) is 0 Å². The molecule has 1 N–H and O–H groups in total. The summed E-state index contributed by atoms with van der Waals surface area (Å²) in [6.45, 7) is 21.0. The summed E-state index contributed by atoms with van der Waals surface area (Å²) in [7, 11) is -8.13. The van der Waals surface area contributed by atoms with Crippen molar-refractivity contribution < 1.29 is 30.4 Å². The van der Waals surface area contributed by atoms with Crippen LogP contribution in [0.15, 0.2) is 91.4 Å². The van der Waals surface area contributed by atoms with Crippen molar-refractivity contribution in [2.75, 3.05) is 43.0 Å². The number of thioether (sulfide) groups is 1. The van der Waals surface area contributed by atoms with Gasteiger partial charge >= 0.3 is 0 Å². The molecule has 0 saturated heterocycles. The van der Waals surface area contributed by atoms with E-state index in [4.69, 9.17) is 12.4 Å². The number of amides is 2. The highest BCUT2D eigenvalue weighted by atomic mass is 32.2. The number of fused-ring (bicyclic) bond motifs is 4. The van der Waals surface area contributed by atoms with E-state index in [0.29, 0.717) is 39.6 Å². The predicted molar refractivity (Wildman–Crippen MR) is 256 cm³/mol. The Hall–Kier alpha value is -4.44. The monoisotopic (exact) mass is 931 g/mol. The minimum Gasteiger partial charge on any atom is -0.456 e. The Morgan fingerprint density at radius 3 is 2.21 bits per heavy atom. The van der Waals surface area contributed by atoms with Gasteiger partial charge in [-0.05, 0) is 90.6 Å². The molecule has 18 heteroatoms. The molecular formula is C44H55N6O7S3Si2+. The average Bonchev–Trinajstić information content (AvgIpc) is 3.46. The van der Waals surface area contributed by atoms with Crippen LogP contribution in [0.2, 0.25) is 32.2 Å². The lowest BCUT2D eigenvalue weighted by Crippen LogP contribution is -2.46. The number of carbonyl (C=O) groups excluding carboxylic acids is 2. The molecular weight excluding hydrogens is 877 g/mol. The fraction of sp³-hybridized carbons (Fsp3) is 0.386. The summed E-state index contributed by atoms with van der Waals surface area (Å²) < 4.78 is 53.2. The second kappa shape index (κ2) is 18.7. The third-order valence-corrected chi connectivity index (χ3v) is 23.1. The summed E-state index contributed by atoms with van der Waals surface area (Å²) in [4.78, 5) is 36.5. The Morgan fingerprint density at radius 1 is 0.855 bits per heavy atom. The van der Waals surface area contributed by atoms with Gasteiger partial charge in [0.05, 0.1) is 27.1 Å². The number of aromatic nitrogens is 2. The van der Waals surface area contributed by atoms with Gasteiger partial charge in [0.15, 0.2) is 27.4 Å². The predicted octanol–water partition coefficient (Wildman–Crippen LogP) is 8.41. The van der Waals surface area contributed by atoms with E-state index in [1.807, 2.05) is 12.1 Å². The first-order valence-electron chi connectivity index (χ1n) is 21.1. The zero-order valence-electron chi connectivity index (χ0n) is 36.6. The molecule has 1 aliphatic heterocycles. The fourth-order valence-corrected chi connectivity index (χ4v) is 20.2. The number of imide groups is 1. The fourth-order valence-electron chi connectivity index (χ4n) is 8.05. The molecule has 0 unspecified atom stereocenters. The highest BCUT2D eigenvalue weighted by molar-refractivity contribution is 8.00. The molecule has 13 nitrogen and oxygen atoms in total. The molecule has 0 radical (unpaired) electrons. The molecule has 0 saturated carbocycles. The Morgan fingerprint density at radius 2 is 1.53 bits per heavy atom. The molecule has 6 aromatic rings. The number of rotatable bonds is 18. The lowest BCUT2D eigenvalue weighted by atomic mass is 10.0. The second-order valence-corrected chi connectivity index (χ2v) is 29.2. The van der Waals surface area contributed by atoms with Gasteiger partial charge in [0.2, 0.25) is 15.4 Å². The van der Waals surface area contributed by atoms with Crippen molar-refractivity contribution in [2.24, 2.45) is 0 Å². The van der Waals surface area contributed by atoms with Crippen LogP contribution >= 0.6 is 23.4 Å². The third kappa shape index (κ3) is 10.0. The lowest BCUT2D eigenvalue weighted by Gasteiger charge is -2.34. The Kier molecular flexibility index (Phi) is 13.8. The van der Waals surface area contributed by atoms with Crippen LogP contribution < -0.4 is 19.6 Å². The van der Waals surface area contributed by atoms with Gasteiger partial charge in [0, 0.05) is 101 Å². The van der Waals surface area contributed by atoms with E-state index in [-0.39, 0.29) is 23.3 Å². The molecule has 0 bridgehead atoms. The van der Waals surface area contributed by atoms with Crippen molar-refractivity contribution in [2.45, 2.75) is 82.9 Å². The Bertz CT molecular complexity index is 2880. The number of anilines is 1. The molecule has 328 valence electrons. The van der Waals surface area contributed by atoms with Gasteiger partial charge in [-0.15, -0.1) is 0 Å². The largest absolute Gasteiger partial charge is 0.456 e. The standard InChI is InChI=1S/C44H55N6O7S3Si2/c1-9-48(10-2)31-14-16-34-36(22-31)55-37-23-32(49(11-3)12-4)24-38-43(37)42(34)35-17-15-33(25-39(35)59-56-38)60(53,54)47-28-30-26-45-44(46-27-30)58-29-62(7,8)57-61(5,6)21-13-20-50-40(51)18-19-41(50)52/h14-19,22-27,47H,9-13,20-21,28-29H2,1-8H3/q+1. The molecule has 3 aromatic carbocycles. The number of sulfonamides is 1. The molecule has 0 fully saturated rings. The number of nitrogens with zero attached hydrogens (tertiary/aromatic N) is 5. The van der Waals surface area contributed by atoms with Crippen molar-refractivity contribution in [1.82, 2.24) is 24.2 Å². The van der Waals surface area contributed by atoms with E-state index in [1.54, 1.807) is 24.5 Å². The van der Waals surface area contributed by atoms with Gasteiger partial charge in [-0.25, -0.2) is 27.7 Å². The van der Waals surface area contributed by atoms with Crippen LogP contribution in [0.3, 0.4) is 0 Å². The quantitative estimate of drug-likeness (QED) is 0.0221. The van der Waals surface area contributed by atoms with E-state index in [1.165, 1.54) is 28.8 Å². The van der Waals surface area contributed by atoms with E-state index in [2.05, 4.69) is 102 Å². The van der Waals surface area contributed by atoms with Crippen molar-refractivity contribution >= 4 is 111 Å².